The van der Waals surface area contributed by atoms with Gasteiger partial charge >= 0.3 is 0 Å². The number of carboxylic acid groups (broad SMARTS) is 1. The second kappa shape index (κ2) is 7.91. The van der Waals surface area contributed by atoms with E-state index in [1.54, 1.807) is 18.2 Å². The summed E-state index contributed by atoms with van der Waals surface area (Å²) in [6.07, 6.45) is 1.28. The fraction of sp³-hybridized carbons (Fsp3) is 0.0588. The average molecular weight is 370 g/mol. The highest BCUT2D eigenvalue weighted by Gasteiger charge is 2.07. The molecule has 1 N–H and O–H groups in total. The SMILES string of the molecule is O=C(CSc1nc2ccccc2s1)NN=Cc1ccccc1C(=O)[O-]. The van der Waals surface area contributed by atoms with Crippen molar-refractivity contribution < 1.29 is 14.7 Å². The fourth-order valence-corrected chi connectivity index (χ4v) is 3.90. The lowest BCUT2D eigenvalue weighted by Gasteiger charge is -2.05. The second-order valence-electron chi connectivity index (χ2n) is 4.90. The van der Waals surface area contributed by atoms with Gasteiger partial charge in [-0.15, -0.1) is 11.3 Å². The Morgan fingerprint density at radius 3 is 2.76 bits per heavy atom. The number of hydrogen-bond donors (Lipinski definition) is 1. The normalized spacial score (nSPS) is 11.0. The molecule has 2 aromatic carbocycles. The molecule has 0 spiro atoms. The maximum Gasteiger partial charge on any atom is 0.250 e. The van der Waals surface area contributed by atoms with E-state index in [4.69, 9.17) is 0 Å². The van der Waals surface area contributed by atoms with Gasteiger partial charge in [0.2, 0.25) is 0 Å². The number of benzene rings is 2. The Hall–Kier alpha value is -2.71. The van der Waals surface area contributed by atoms with E-state index in [1.165, 1.54) is 35.4 Å². The Labute approximate surface area is 151 Å². The number of nitrogens with zero attached hydrogens (tertiary/aromatic N) is 2. The molecule has 0 radical (unpaired) electrons. The number of fused-ring (bicyclic) bond motifs is 1. The van der Waals surface area contributed by atoms with Crippen molar-refractivity contribution in [3.63, 3.8) is 0 Å². The molecule has 8 heteroatoms. The number of thiazole rings is 1. The van der Waals surface area contributed by atoms with Crippen molar-refractivity contribution in [3.8, 4) is 0 Å². The van der Waals surface area contributed by atoms with Crippen LogP contribution >= 0.6 is 23.1 Å². The number of para-hydroxylation sites is 1. The van der Waals surface area contributed by atoms with Crippen LogP contribution in [-0.4, -0.2) is 28.8 Å². The molecule has 3 rings (SSSR count). The highest BCUT2D eigenvalue weighted by atomic mass is 32.2. The maximum absolute atomic E-state index is 11.8. The van der Waals surface area contributed by atoms with Gasteiger partial charge in [0.25, 0.3) is 5.91 Å². The number of aromatic carboxylic acids is 1. The zero-order valence-corrected chi connectivity index (χ0v) is 14.5. The predicted molar refractivity (Wildman–Crippen MR) is 96.9 cm³/mol. The van der Waals surface area contributed by atoms with Gasteiger partial charge in [-0.2, -0.15) is 5.10 Å². The summed E-state index contributed by atoms with van der Waals surface area (Å²) in [7, 11) is 0. The molecule has 1 amide bonds. The molecule has 1 heterocycles. The van der Waals surface area contributed by atoms with Gasteiger partial charge < -0.3 is 9.90 Å². The lowest BCUT2D eigenvalue weighted by atomic mass is 10.1. The molecule has 0 fully saturated rings. The van der Waals surface area contributed by atoms with Crippen molar-refractivity contribution >= 4 is 51.4 Å². The summed E-state index contributed by atoms with van der Waals surface area (Å²) >= 11 is 2.85. The van der Waals surface area contributed by atoms with Crippen LogP contribution in [0.3, 0.4) is 0 Å². The van der Waals surface area contributed by atoms with E-state index in [0.717, 1.165) is 14.6 Å². The first kappa shape index (κ1) is 17.1. The number of hydrogen-bond acceptors (Lipinski definition) is 7. The molecule has 0 aliphatic rings. The Balaban J connectivity index is 1.55. The van der Waals surface area contributed by atoms with Crippen molar-refractivity contribution in [1.82, 2.24) is 10.4 Å². The minimum absolute atomic E-state index is 0.0179. The highest BCUT2D eigenvalue weighted by molar-refractivity contribution is 8.01. The number of carbonyl (C=O) groups excluding carboxylic acids is 2. The first-order chi connectivity index (χ1) is 12.1. The molecule has 0 saturated heterocycles. The predicted octanol–water partition coefficient (Wildman–Crippen LogP) is 1.90. The van der Waals surface area contributed by atoms with Crippen LogP contribution in [-0.2, 0) is 4.79 Å². The highest BCUT2D eigenvalue weighted by Crippen LogP contribution is 2.28. The molecule has 0 aliphatic carbocycles. The van der Waals surface area contributed by atoms with Crippen LogP contribution in [0.1, 0.15) is 15.9 Å². The van der Waals surface area contributed by atoms with Gasteiger partial charge in [0.05, 0.1) is 28.2 Å². The second-order valence-corrected chi connectivity index (χ2v) is 7.16. The number of carboxylic acids is 1. The van der Waals surface area contributed by atoms with E-state index >= 15 is 0 Å². The monoisotopic (exact) mass is 370 g/mol. The van der Waals surface area contributed by atoms with E-state index in [-0.39, 0.29) is 17.2 Å². The number of rotatable bonds is 6. The van der Waals surface area contributed by atoms with Crippen LogP contribution in [0.15, 0.2) is 58.0 Å². The molecule has 0 saturated carbocycles. The van der Waals surface area contributed by atoms with Gasteiger partial charge in [0.15, 0.2) is 4.34 Å². The molecule has 3 aromatic rings. The summed E-state index contributed by atoms with van der Waals surface area (Å²) < 4.78 is 1.88. The number of carbonyl (C=O) groups is 2. The molecule has 1 aromatic heterocycles. The van der Waals surface area contributed by atoms with Crippen molar-refractivity contribution in [2.45, 2.75) is 4.34 Å². The lowest BCUT2D eigenvalue weighted by Crippen LogP contribution is -2.24. The number of amides is 1. The van der Waals surface area contributed by atoms with Crippen molar-refractivity contribution in [2.24, 2.45) is 5.10 Å². The number of nitrogens with one attached hydrogen (secondary N) is 1. The molecule has 126 valence electrons. The quantitative estimate of drug-likeness (QED) is 0.406. The van der Waals surface area contributed by atoms with E-state index in [9.17, 15) is 14.7 Å². The van der Waals surface area contributed by atoms with Crippen LogP contribution in [0.4, 0.5) is 0 Å². The molecule has 0 unspecified atom stereocenters. The number of thioether (sulfide) groups is 1. The van der Waals surface area contributed by atoms with E-state index in [1.807, 2.05) is 24.3 Å². The maximum atomic E-state index is 11.8. The molecule has 0 atom stereocenters. The molecule has 0 bridgehead atoms. The molecular weight excluding hydrogens is 358 g/mol. The zero-order chi connectivity index (χ0) is 17.6. The van der Waals surface area contributed by atoms with Gasteiger partial charge in [-0.1, -0.05) is 48.2 Å². The Bertz CT molecular complexity index is 920. The first-order valence-corrected chi connectivity index (χ1v) is 9.04. The van der Waals surface area contributed by atoms with Crippen LogP contribution in [0.25, 0.3) is 10.2 Å². The Morgan fingerprint density at radius 2 is 1.96 bits per heavy atom. The molecular formula is C17H12N3O3S2-. The summed E-state index contributed by atoms with van der Waals surface area (Å²) in [6.45, 7) is 0. The third-order valence-electron chi connectivity index (χ3n) is 3.17. The van der Waals surface area contributed by atoms with Gasteiger partial charge in [-0.05, 0) is 12.1 Å². The third kappa shape index (κ3) is 4.43. The minimum Gasteiger partial charge on any atom is -0.545 e. The largest absolute Gasteiger partial charge is 0.545 e. The smallest absolute Gasteiger partial charge is 0.250 e. The standard InChI is InChI=1S/C17H13N3O3S2/c21-15(10-24-17-19-13-7-3-4-8-14(13)25-17)20-18-9-11-5-1-2-6-12(11)16(22)23/h1-9H,10H2,(H,20,21)(H,22,23)/p-1. The van der Waals surface area contributed by atoms with Crippen molar-refractivity contribution in [3.05, 3.63) is 59.7 Å². The lowest BCUT2D eigenvalue weighted by molar-refractivity contribution is -0.255. The van der Waals surface area contributed by atoms with Crippen molar-refractivity contribution in [2.75, 3.05) is 5.75 Å². The van der Waals surface area contributed by atoms with Gasteiger partial charge in [-0.25, -0.2) is 10.4 Å². The van der Waals surface area contributed by atoms with E-state index in [2.05, 4.69) is 15.5 Å². The van der Waals surface area contributed by atoms with Crippen LogP contribution in [0.5, 0.6) is 0 Å². The number of hydrazone groups is 1. The molecule has 6 nitrogen and oxygen atoms in total. The van der Waals surface area contributed by atoms with E-state index < -0.39 is 5.97 Å². The summed E-state index contributed by atoms with van der Waals surface area (Å²) in [5.74, 6) is -1.43. The van der Waals surface area contributed by atoms with Crippen LogP contribution in [0.2, 0.25) is 0 Å². The average Bonchev–Trinajstić information content (AvgIpc) is 3.03. The molecule has 0 aliphatic heterocycles. The zero-order valence-electron chi connectivity index (χ0n) is 12.8. The third-order valence-corrected chi connectivity index (χ3v) is 5.35. The van der Waals surface area contributed by atoms with Gasteiger partial charge in [0, 0.05) is 11.1 Å². The molecule has 25 heavy (non-hydrogen) atoms. The van der Waals surface area contributed by atoms with Crippen molar-refractivity contribution in [1.29, 1.82) is 0 Å². The fourth-order valence-electron chi connectivity index (χ4n) is 2.04. The van der Waals surface area contributed by atoms with Crippen LogP contribution < -0.4 is 10.5 Å². The summed E-state index contributed by atoms with van der Waals surface area (Å²) in [5, 5.41) is 14.8. The van der Waals surface area contributed by atoms with E-state index in [0.29, 0.717) is 5.56 Å². The number of aromatic nitrogens is 1. The summed E-state index contributed by atoms with van der Waals surface area (Å²) in [4.78, 5) is 27.3. The first-order valence-electron chi connectivity index (χ1n) is 7.24. The topological polar surface area (TPSA) is 94.5 Å². The Morgan fingerprint density at radius 1 is 1.20 bits per heavy atom. The minimum atomic E-state index is -1.29. The van der Waals surface area contributed by atoms with Crippen LogP contribution in [0, 0.1) is 0 Å². The Kier molecular flexibility index (Phi) is 5.42. The summed E-state index contributed by atoms with van der Waals surface area (Å²) in [5.41, 5.74) is 3.66. The van der Waals surface area contributed by atoms with Gasteiger partial charge in [-0.3, -0.25) is 4.79 Å². The summed E-state index contributed by atoms with van der Waals surface area (Å²) in [6, 6.07) is 14.0. The van der Waals surface area contributed by atoms with Gasteiger partial charge in [0.1, 0.15) is 0 Å².